The summed E-state index contributed by atoms with van der Waals surface area (Å²) in [5, 5.41) is 10.3. The first kappa shape index (κ1) is 15.6. The maximum atomic E-state index is 11.2. The van der Waals surface area contributed by atoms with E-state index in [1.54, 1.807) is 6.07 Å². The summed E-state index contributed by atoms with van der Waals surface area (Å²) in [6, 6.07) is 5.53. The van der Waals surface area contributed by atoms with E-state index in [9.17, 15) is 9.90 Å². The normalized spacial score (nSPS) is 11.2. The number of nitrogens with zero attached hydrogens (tertiary/aromatic N) is 1. The van der Waals surface area contributed by atoms with E-state index < -0.39 is 5.97 Å². The zero-order chi connectivity index (χ0) is 15.4. The van der Waals surface area contributed by atoms with Crippen LogP contribution in [0.25, 0.3) is 10.9 Å². The first-order chi connectivity index (χ1) is 10.1. The second-order valence-electron chi connectivity index (χ2n) is 5.71. The van der Waals surface area contributed by atoms with E-state index in [2.05, 4.69) is 25.3 Å². The van der Waals surface area contributed by atoms with Crippen molar-refractivity contribution in [1.82, 2.24) is 4.57 Å². The minimum atomic E-state index is -0.850. The summed E-state index contributed by atoms with van der Waals surface area (Å²) in [6.07, 6.45) is 5.64. The molecular formula is C18H25NO2. The maximum absolute atomic E-state index is 11.2. The molecule has 1 aromatic heterocycles. The average Bonchev–Trinajstić information content (AvgIpc) is 2.74. The molecule has 1 aromatic carbocycles. The van der Waals surface area contributed by atoms with Crippen LogP contribution in [0.5, 0.6) is 0 Å². The van der Waals surface area contributed by atoms with Crippen LogP contribution < -0.4 is 0 Å². The fourth-order valence-electron chi connectivity index (χ4n) is 2.96. The monoisotopic (exact) mass is 287 g/mol. The predicted octanol–water partition coefficient (Wildman–Crippen LogP) is 4.79. The van der Waals surface area contributed by atoms with Crippen LogP contribution in [0.4, 0.5) is 0 Å². The predicted molar refractivity (Wildman–Crippen MR) is 87.2 cm³/mol. The Kier molecular flexibility index (Phi) is 5.05. The van der Waals surface area contributed by atoms with E-state index >= 15 is 0 Å². The topological polar surface area (TPSA) is 42.2 Å². The zero-order valence-corrected chi connectivity index (χ0v) is 13.3. The number of fused-ring (bicyclic) bond motifs is 1. The molecule has 0 aliphatic carbocycles. The highest BCUT2D eigenvalue weighted by atomic mass is 16.4. The number of carbonyl (C=O) groups is 1. The lowest BCUT2D eigenvalue weighted by Gasteiger charge is -2.07. The minimum Gasteiger partial charge on any atom is -0.478 e. The first-order valence-electron chi connectivity index (χ1n) is 7.95. The van der Waals surface area contributed by atoms with Crippen molar-refractivity contribution >= 4 is 16.9 Å². The quantitative estimate of drug-likeness (QED) is 0.795. The van der Waals surface area contributed by atoms with Crippen LogP contribution in [0.15, 0.2) is 18.2 Å². The van der Waals surface area contributed by atoms with Crippen molar-refractivity contribution in [3.05, 3.63) is 35.0 Å². The fourth-order valence-corrected chi connectivity index (χ4v) is 2.96. The molecule has 0 spiro atoms. The Balaban J connectivity index is 2.57. The Morgan fingerprint density at radius 2 is 1.90 bits per heavy atom. The molecule has 114 valence electrons. The van der Waals surface area contributed by atoms with Crippen molar-refractivity contribution in [2.45, 2.75) is 59.4 Å². The van der Waals surface area contributed by atoms with Crippen LogP contribution in [0, 0.1) is 6.92 Å². The van der Waals surface area contributed by atoms with Gasteiger partial charge in [0.1, 0.15) is 0 Å². The van der Waals surface area contributed by atoms with E-state index in [0.717, 1.165) is 44.0 Å². The summed E-state index contributed by atoms with van der Waals surface area (Å²) in [5.74, 6) is -0.850. The van der Waals surface area contributed by atoms with Gasteiger partial charge in [0, 0.05) is 23.1 Å². The number of unbranched alkanes of at least 4 members (excludes halogenated alkanes) is 2. The van der Waals surface area contributed by atoms with E-state index in [4.69, 9.17) is 0 Å². The van der Waals surface area contributed by atoms with E-state index in [1.807, 2.05) is 12.1 Å². The SMILES string of the molecule is CCCCc1c(C)n(CCCC)c2ccc(C(=O)O)cc12. The summed E-state index contributed by atoms with van der Waals surface area (Å²) in [6.45, 7) is 7.56. The van der Waals surface area contributed by atoms with E-state index in [0.29, 0.717) is 5.56 Å². The van der Waals surface area contributed by atoms with Gasteiger partial charge in [0.05, 0.1) is 5.56 Å². The number of aromatic carboxylic acids is 1. The van der Waals surface area contributed by atoms with Gasteiger partial charge in [0.2, 0.25) is 0 Å². The molecule has 0 atom stereocenters. The van der Waals surface area contributed by atoms with Crippen LogP contribution in [-0.4, -0.2) is 15.6 Å². The lowest BCUT2D eigenvalue weighted by Crippen LogP contribution is -2.01. The van der Waals surface area contributed by atoms with E-state index in [-0.39, 0.29) is 0 Å². The largest absolute Gasteiger partial charge is 0.478 e. The molecule has 0 unspecified atom stereocenters. The molecule has 3 nitrogen and oxygen atoms in total. The molecule has 0 radical (unpaired) electrons. The Morgan fingerprint density at radius 1 is 1.19 bits per heavy atom. The smallest absolute Gasteiger partial charge is 0.335 e. The van der Waals surface area contributed by atoms with Crippen molar-refractivity contribution < 1.29 is 9.90 Å². The summed E-state index contributed by atoms with van der Waals surface area (Å²) >= 11 is 0. The summed E-state index contributed by atoms with van der Waals surface area (Å²) in [5.41, 5.74) is 4.19. The highest BCUT2D eigenvalue weighted by Gasteiger charge is 2.15. The molecule has 0 amide bonds. The van der Waals surface area contributed by atoms with Gasteiger partial charge in [0.15, 0.2) is 0 Å². The van der Waals surface area contributed by atoms with Crippen molar-refractivity contribution in [3.8, 4) is 0 Å². The fraction of sp³-hybridized carbons (Fsp3) is 0.500. The van der Waals surface area contributed by atoms with Gasteiger partial charge in [-0.3, -0.25) is 0 Å². The minimum absolute atomic E-state index is 0.382. The van der Waals surface area contributed by atoms with Gasteiger partial charge >= 0.3 is 5.97 Å². The second kappa shape index (κ2) is 6.79. The second-order valence-corrected chi connectivity index (χ2v) is 5.71. The molecule has 3 heteroatoms. The number of carboxylic acids is 1. The van der Waals surface area contributed by atoms with Crippen molar-refractivity contribution in [1.29, 1.82) is 0 Å². The maximum Gasteiger partial charge on any atom is 0.335 e. The molecule has 0 fully saturated rings. The molecule has 21 heavy (non-hydrogen) atoms. The molecule has 0 aliphatic rings. The number of carboxylic acid groups (broad SMARTS) is 1. The van der Waals surface area contributed by atoms with Gasteiger partial charge in [-0.05, 0) is 49.9 Å². The lowest BCUT2D eigenvalue weighted by molar-refractivity contribution is 0.0697. The molecule has 2 rings (SSSR count). The van der Waals surface area contributed by atoms with E-state index in [1.165, 1.54) is 16.8 Å². The van der Waals surface area contributed by atoms with Crippen LogP contribution >= 0.6 is 0 Å². The van der Waals surface area contributed by atoms with Crippen molar-refractivity contribution in [2.24, 2.45) is 0 Å². The molecule has 0 saturated heterocycles. The van der Waals surface area contributed by atoms with Gasteiger partial charge in [0.25, 0.3) is 0 Å². The van der Waals surface area contributed by atoms with Gasteiger partial charge in [-0.2, -0.15) is 0 Å². The van der Waals surface area contributed by atoms with Crippen LogP contribution in [0.3, 0.4) is 0 Å². The zero-order valence-electron chi connectivity index (χ0n) is 13.3. The molecule has 1 N–H and O–H groups in total. The van der Waals surface area contributed by atoms with Crippen LogP contribution in [0.1, 0.15) is 61.1 Å². The standard InChI is InChI=1S/C18H25NO2/c1-4-6-8-15-13(3)19(11-7-5-2)17-10-9-14(18(20)21)12-16(15)17/h9-10,12H,4-8,11H2,1-3H3,(H,20,21). The number of hydrogen-bond donors (Lipinski definition) is 1. The third-order valence-electron chi connectivity index (χ3n) is 4.22. The van der Waals surface area contributed by atoms with Gasteiger partial charge < -0.3 is 9.67 Å². The lowest BCUT2D eigenvalue weighted by atomic mass is 10.0. The molecular weight excluding hydrogens is 262 g/mol. The Hall–Kier alpha value is -1.77. The van der Waals surface area contributed by atoms with Crippen molar-refractivity contribution in [2.75, 3.05) is 0 Å². The molecule has 0 bridgehead atoms. The molecule has 0 saturated carbocycles. The molecule has 1 heterocycles. The molecule has 2 aromatic rings. The third kappa shape index (κ3) is 3.12. The average molecular weight is 287 g/mol. The number of aromatic nitrogens is 1. The Labute approximate surface area is 126 Å². The molecule has 0 aliphatic heterocycles. The Morgan fingerprint density at radius 3 is 2.52 bits per heavy atom. The van der Waals surface area contributed by atoms with Crippen LogP contribution in [0.2, 0.25) is 0 Å². The highest BCUT2D eigenvalue weighted by molar-refractivity contribution is 5.95. The van der Waals surface area contributed by atoms with Gasteiger partial charge in [-0.15, -0.1) is 0 Å². The number of aryl methyl sites for hydroxylation is 2. The Bertz CT molecular complexity index is 640. The number of benzene rings is 1. The third-order valence-corrected chi connectivity index (χ3v) is 4.22. The summed E-state index contributed by atoms with van der Waals surface area (Å²) < 4.78 is 2.36. The number of hydrogen-bond acceptors (Lipinski definition) is 1. The highest BCUT2D eigenvalue weighted by Crippen LogP contribution is 2.29. The number of rotatable bonds is 7. The van der Waals surface area contributed by atoms with Gasteiger partial charge in [-0.1, -0.05) is 26.7 Å². The first-order valence-corrected chi connectivity index (χ1v) is 7.95. The summed E-state index contributed by atoms with van der Waals surface area (Å²) in [4.78, 5) is 11.2. The van der Waals surface area contributed by atoms with Gasteiger partial charge in [-0.25, -0.2) is 4.79 Å². The van der Waals surface area contributed by atoms with Crippen molar-refractivity contribution in [3.63, 3.8) is 0 Å². The summed E-state index contributed by atoms with van der Waals surface area (Å²) in [7, 11) is 0. The van der Waals surface area contributed by atoms with Crippen LogP contribution in [-0.2, 0) is 13.0 Å².